The average molecular weight is 128 g/mol. The summed E-state index contributed by atoms with van der Waals surface area (Å²) in [4.78, 5) is 2.20. The third kappa shape index (κ3) is 1.44. The summed E-state index contributed by atoms with van der Waals surface area (Å²) in [5.74, 6) is 1.10. The van der Waals surface area contributed by atoms with Crippen molar-refractivity contribution in [2.75, 3.05) is 5.88 Å². The van der Waals surface area contributed by atoms with Crippen molar-refractivity contribution in [2.24, 2.45) is 0 Å². The molecule has 8 heavy (non-hydrogen) atoms. The lowest BCUT2D eigenvalue weighted by molar-refractivity contribution is 0.525. The van der Waals surface area contributed by atoms with Crippen LogP contribution in [-0.2, 0) is 0 Å². The molecule has 0 aromatic rings. The van der Waals surface area contributed by atoms with Crippen LogP contribution in [0.3, 0.4) is 0 Å². The predicted molar refractivity (Wildman–Crippen MR) is 38.0 cm³/mol. The van der Waals surface area contributed by atoms with Gasteiger partial charge in [-0.1, -0.05) is 6.92 Å². The van der Waals surface area contributed by atoms with Crippen molar-refractivity contribution >= 4 is 11.8 Å². The van der Waals surface area contributed by atoms with Crippen molar-refractivity contribution in [3.05, 3.63) is 18.2 Å². The molecule has 0 atom stereocenters. The average Bonchev–Trinajstić information content (AvgIpc) is 2.19. The molecule has 0 unspecified atom stereocenters. The molecule has 0 fully saturated rings. The van der Waals surface area contributed by atoms with Crippen LogP contribution in [0.5, 0.6) is 0 Å². The highest BCUT2D eigenvalue weighted by molar-refractivity contribution is 8.02. The fourth-order valence-electron chi connectivity index (χ4n) is 0.641. The Labute approximate surface area is 54.8 Å². The van der Waals surface area contributed by atoms with Crippen molar-refractivity contribution in [3.8, 4) is 0 Å². The van der Waals surface area contributed by atoms with E-state index in [2.05, 4.69) is 30.0 Å². The molecule has 0 aromatic carbocycles. The third-order valence-electron chi connectivity index (χ3n) is 0.989. The van der Waals surface area contributed by atoms with Gasteiger partial charge in [0.05, 0.1) is 5.88 Å². The highest BCUT2D eigenvalue weighted by Gasteiger charge is 2.00. The van der Waals surface area contributed by atoms with Crippen LogP contribution in [0, 0.1) is 6.54 Å². The van der Waals surface area contributed by atoms with Gasteiger partial charge >= 0.3 is 0 Å². The molecule has 45 valence electrons. The van der Waals surface area contributed by atoms with Crippen LogP contribution in [0.1, 0.15) is 13.3 Å². The van der Waals surface area contributed by atoms with Crippen molar-refractivity contribution < 1.29 is 0 Å². The van der Waals surface area contributed by atoms with Crippen LogP contribution in [0.4, 0.5) is 0 Å². The van der Waals surface area contributed by atoms with Crippen LogP contribution in [0.25, 0.3) is 0 Å². The van der Waals surface area contributed by atoms with Crippen molar-refractivity contribution in [1.82, 2.24) is 4.90 Å². The van der Waals surface area contributed by atoms with Gasteiger partial charge in [-0.15, -0.1) is 11.8 Å². The molecule has 0 spiro atoms. The van der Waals surface area contributed by atoms with E-state index in [0.717, 1.165) is 12.3 Å². The van der Waals surface area contributed by atoms with E-state index in [9.17, 15) is 0 Å². The zero-order valence-electron chi connectivity index (χ0n) is 5.00. The molecule has 0 N–H and O–H groups in total. The van der Waals surface area contributed by atoms with Crippen molar-refractivity contribution in [3.63, 3.8) is 0 Å². The zero-order valence-corrected chi connectivity index (χ0v) is 5.82. The second kappa shape index (κ2) is 3.02. The monoisotopic (exact) mass is 128 g/mol. The van der Waals surface area contributed by atoms with E-state index in [-0.39, 0.29) is 0 Å². The molecule has 0 saturated heterocycles. The molecule has 2 heteroatoms. The fraction of sp³-hybridized carbons (Fsp3) is 0.500. The summed E-state index contributed by atoms with van der Waals surface area (Å²) < 4.78 is 0. The summed E-state index contributed by atoms with van der Waals surface area (Å²) >= 11 is 1.84. The topological polar surface area (TPSA) is 3.24 Å². The van der Waals surface area contributed by atoms with Gasteiger partial charge in [0.2, 0.25) is 0 Å². The number of rotatable bonds is 2. The van der Waals surface area contributed by atoms with Crippen LogP contribution < -0.4 is 0 Å². The van der Waals surface area contributed by atoms with E-state index in [4.69, 9.17) is 0 Å². The number of hydrogen-bond donors (Lipinski definition) is 0. The minimum absolute atomic E-state index is 1.10. The second-order valence-electron chi connectivity index (χ2n) is 1.69. The van der Waals surface area contributed by atoms with Gasteiger partial charge in [-0.25, -0.2) is 0 Å². The van der Waals surface area contributed by atoms with E-state index < -0.39 is 0 Å². The lowest BCUT2D eigenvalue weighted by Crippen LogP contribution is -2.07. The maximum Gasteiger partial charge on any atom is 0.0679 e. The molecule has 0 amide bonds. The van der Waals surface area contributed by atoms with Crippen LogP contribution >= 0.6 is 11.8 Å². The highest BCUT2D eigenvalue weighted by Crippen LogP contribution is 2.16. The van der Waals surface area contributed by atoms with Gasteiger partial charge in [0.15, 0.2) is 0 Å². The zero-order chi connectivity index (χ0) is 5.82. The predicted octanol–water partition coefficient (Wildman–Crippen LogP) is 2.04. The Balaban J connectivity index is 2.16. The summed E-state index contributed by atoms with van der Waals surface area (Å²) in [5, 5.41) is 2.12. The van der Waals surface area contributed by atoms with Gasteiger partial charge in [0.1, 0.15) is 0 Å². The Morgan fingerprint density at radius 1 is 1.88 bits per heavy atom. The molecule has 1 rings (SSSR count). The molecule has 0 aliphatic carbocycles. The highest BCUT2D eigenvalue weighted by atomic mass is 32.2. The summed E-state index contributed by atoms with van der Waals surface area (Å²) in [5.41, 5.74) is 0. The smallest absolute Gasteiger partial charge is 0.0679 e. The van der Waals surface area contributed by atoms with Crippen LogP contribution in [0.2, 0.25) is 0 Å². The summed E-state index contributed by atoms with van der Waals surface area (Å²) in [6.45, 7) is 4.34. The molecule has 0 saturated carbocycles. The number of thioether (sulfide) groups is 1. The number of hydrogen-bond acceptors (Lipinski definition) is 2. The van der Waals surface area contributed by atoms with Gasteiger partial charge in [-0.3, -0.25) is 0 Å². The quantitative estimate of drug-likeness (QED) is 0.560. The maximum absolute atomic E-state index is 2.20. The SMILES string of the molecule is CC[CH]N1C=CSC1. The van der Waals surface area contributed by atoms with E-state index in [1.54, 1.807) is 0 Å². The van der Waals surface area contributed by atoms with E-state index in [1.165, 1.54) is 0 Å². The molecule has 0 bridgehead atoms. The van der Waals surface area contributed by atoms with Crippen molar-refractivity contribution in [2.45, 2.75) is 13.3 Å². The van der Waals surface area contributed by atoms with Gasteiger partial charge in [0, 0.05) is 12.7 Å². The summed E-state index contributed by atoms with van der Waals surface area (Å²) in [6, 6.07) is 0. The van der Waals surface area contributed by atoms with Crippen LogP contribution in [-0.4, -0.2) is 10.8 Å². The maximum atomic E-state index is 2.20. The van der Waals surface area contributed by atoms with Gasteiger partial charge in [0.25, 0.3) is 0 Å². The first-order valence-corrected chi connectivity index (χ1v) is 3.85. The van der Waals surface area contributed by atoms with Gasteiger partial charge < -0.3 is 4.90 Å². The Kier molecular flexibility index (Phi) is 2.27. The largest absolute Gasteiger partial charge is 0.362 e. The van der Waals surface area contributed by atoms with E-state index >= 15 is 0 Å². The molecule has 1 aliphatic rings. The van der Waals surface area contributed by atoms with Crippen LogP contribution in [0.15, 0.2) is 11.6 Å². The molecule has 1 radical (unpaired) electrons. The normalized spacial score (nSPS) is 17.9. The van der Waals surface area contributed by atoms with Gasteiger partial charge in [-0.2, -0.15) is 0 Å². The fourth-order valence-corrected chi connectivity index (χ4v) is 1.33. The standard InChI is InChI=1S/C6H10NS/c1-2-3-7-4-5-8-6-7/h3-5H,2,6H2,1H3. The van der Waals surface area contributed by atoms with E-state index in [0.29, 0.717) is 0 Å². The Morgan fingerprint density at radius 2 is 2.75 bits per heavy atom. The number of nitrogens with zero attached hydrogens (tertiary/aromatic N) is 1. The Hall–Kier alpha value is -0.110. The first-order valence-electron chi connectivity index (χ1n) is 2.81. The molecule has 0 aromatic heterocycles. The van der Waals surface area contributed by atoms with Crippen molar-refractivity contribution in [1.29, 1.82) is 0 Å². The lowest BCUT2D eigenvalue weighted by atomic mass is 10.5. The first-order chi connectivity index (χ1) is 3.93. The lowest BCUT2D eigenvalue weighted by Gasteiger charge is -2.10. The molecular weight excluding hydrogens is 118 g/mol. The Bertz CT molecular complexity index is 90.5. The molecule has 1 nitrogen and oxygen atoms in total. The van der Waals surface area contributed by atoms with E-state index in [1.807, 2.05) is 11.8 Å². The minimum Gasteiger partial charge on any atom is -0.362 e. The minimum atomic E-state index is 1.10. The first kappa shape index (κ1) is 6.02. The third-order valence-corrected chi connectivity index (χ3v) is 1.75. The molecule has 1 aliphatic heterocycles. The second-order valence-corrected chi connectivity index (χ2v) is 2.55. The molecular formula is C6H10NS. The summed E-state index contributed by atoms with van der Waals surface area (Å²) in [7, 11) is 0. The Morgan fingerprint density at radius 3 is 3.25 bits per heavy atom. The van der Waals surface area contributed by atoms with Gasteiger partial charge in [-0.05, 0) is 11.8 Å². The molecule has 1 heterocycles. The summed E-state index contributed by atoms with van der Waals surface area (Å²) in [6.07, 6.45) is 3.24.